The van der Waals surface area contributed by atoms with Crippen LogP contribution in [0.4, 0.5) is 0 Å². The molecule has 0 amide bonds. The molecule has 0 fully saturated rings. The Hall–Kier alpha value is -2.26. The van der Waals surface area contributed by atoms with E-state index in [1.807, 2.05) is 43.3 Å². The molecule has 128 valence electrons. The van der Waals surface area contributed by atoms with Gasteiger partial charge in [0.25, 0.3) is 0 Å². The summed E-state index contributed by atoms with van der Waals surface area (Å²) in [5.74, 6) is 0.775. The number of hydrogen-bond acceptors (Lipinski definition) is 3. The van der Waals surface area contributed by atoms with E-state index in [9.17, 15) is 4.79 Å². The van der Waals surface area contributed by atoms with Crippen LogP contribution in [-0.4, -0.2) is 0 Å². The van der Waals surface area contributed by atoms with E-state index >= 15 is 0 Å². The highest BCUT2D eigenvalue weighted by Crippen LogP contribution is 2.35. The van der Waals surface area contributed by atoms with Gasteiger partial charge < -0.3 is 9.15 Å². The molecule has 4 heteroatoms. The van der Waals surface area contributed by atoms with Crippen molar-refractivity contribution in [3.63, 3.8) is 0 Å². The Morgan fingerprint density at radius 3 is 2.72 bits per heavy atom. The third-order valence-electron chi connectivity index (χ3n) is 4.71. The number of aryl methyl sites for hydroxylation is 2. The van der Waals surface area contributed by atoms with Gasteiger partial charge >= 0.3 is 5.63 Å². The third kappa shape index (κ3) is 3.16. The highest BCUT2D eigenvalue weighted by atomic mass is 35.5. The van der Waals surface area contributed by atoms with E-state index in [1.165, 1.54) is 0 Å². The molecule has 0 unspecified atom stereocenters. The average Bonchev–Trinajstić information content (AvgIpc) is 2.59. The van der Waals surface area contributed by atoms with Crippen molar-refractivity contribution in [1.29, 1.82) is 0 Å². The van der Waals surface area contributed by atoms with Crippen LogP contribution in [0.15, 0.2) is 45.6 Å². The van der Waals surface area contributed by atoms with Gasteiger partial charge in [0.1, 0.15) is 17.9 Å². The fourth-order valence-corrected chi connectivity index (χ4v) is 3.78. The van der Waals surface area contributed by atoms with Gasteiger partial charge in [-0.05, 0) is 73.6 Å². The van der Waals surface area contributed by atoms with Crippen molar-refractivity contribution in [1.82, 2.24) is 0 Å². The lowest BCUT2D eigenvalue weighted by molar-refractivity contribution is 0.309. The van der Waals surface area contributed by atoms with Gasteiger partial charge in [-0.2, -0.15) is 0 Å². The third-order valence-corrected chi connectivity index (χ3v) is 4.95. The smallest absolute Gasteiger partial charge is 0.339 e. The number of fused-ring (bicyclic) bond motifs is 3. The molecule has 4 rings (SSSR count). The molecular formula is C21H19ClO3. The van der Waals surface area contributed by atoms with E-state index in [0.717, 1.165) is 59.1 Å². The number of rotatable bonds is 3. The second-order valence-electron chi connectivity index (χ2n) is 6.61. The van der Waals surface area contributed by atoms with Crippen LogP contribution in [0.5, 0.6) is 5.75 Å². The average molecular weight is 355 g/mol. The molecule has 3 nitrogen and oxygen atoms in total. The van der Waals surface area contributed by atoms with Crippen LogP contribution in [0.3, 0.4) is 0 Å². The van der Waals surface area contributed by atoms with Crippen LogP contribution in [0.2, 0.25) is 5.02 Å². The second kappa shape index (κ2) is 6.57. The number of hydrogen-bond donors (Lipinski definition) is 0. The molecular weight excluding hydrogens is 336 g/mol. The molecule has 25 heavy (non-hydrogen) atoms. The molecule has 0 atom stereocenters. The standard InChI is InChI=1S/C21H19ClO3/c1-13-9-18(24-12-14-5-4-6-15(22)11-14)20-16-7-2-3-8-17(16)21(23)25-19(20)10-13/h4-6,9-11H,2-3,7-8,12H2,1H3. The molecule has 2 aromatic carbocycles. The number of benzene rings is 2. The van der Waals surface area contributed by atoms with Gasteiger partial charge in [0, 0.05) is 10.6 Å². The Kier molecular flexibility index (Phi) is 4.26. The summed E-state index contributed by atoms with van der Waals surface area (Å²) in [6, 6.07) is 11.6. The first kappa shape index (κ1) is 16.2. The zero-order valence-electron chi connectivity index (χ0n) is 14.1. The summed E-state index contributed by atoms with van der Waals surface area (Å²) in [6.07, 6.45) is 3.81. The van der Waals surface area contributed by atoms with Crippen molar-refractivity contribution >= 4 is 22.6 Å². The van der Waals surface area contributed by atoms with Crippen molar-refractivity contribution in [3.8, 4) is 5.75 Å². The summed E-state index contributed by atoms with van der Waals surface area (Å²) >= 11 is 6.05. The van der Waals surface area contributed by atoms with E-state index in [0.29, 0.717) is 17.2 Å². The molecule has 3 aromatic rings. The van der Waals surface area contributed by atoms with Crippen LogP contribution < -0.4 is 10.4 Å². The van der Waals surface area contributed by atoms with Gasteiger partial charge in [-0.25, -0.2) is 4.79 Å². The maximum absolute atomic E-state index is 12.3. The number of halogens is 1. The van der Waals surface area contributed by atoms with E-state index < -0.39 is 0 Å². The Balaban J connectivity index is 1.81. The van der Waals surface area contributed by atoms with Crippen molar-refractivity contribution in [2.75, 3.05) is 0 Å². The molecule has 0 bridgehead atoms. The summed E-state index contributed by atoms with van der Waals surface area (Å²) in [5.41, 5.74) is 4.34. The fraction of sp³-hybridized carbons (Fsp3) is 0.286. The first-order chi connectivity index (χ1) is 12.1. The summed E-state index contributed by atoms with van der Waals surface area (Å²) in [4.78, 5) is 12.3. The Bertz CT molecular complexity index is 1000. The maximum Gasteiger partial charge on any atom is 0.339 e. The maximum atomic E-state index is 12.3. The van der Waals surface area contributed by atoms with E-state index in [4.69, 9.17) is 20.8 Å². The van der Waals surface area contributed by atoms with Crippen molar-refractivity contribution in [2.45, 2.75) is 39.2 Å². The summed E-state index contributed by atoms with van der Waals surface area (Å²) in [7, 11) is 0. The van der Waals surface area contributed by atoms with Gasteiger partial charge in [-0.3, -0.25) is 0 Å². The minimum absolute atomic E-state index is 0.200. The van der Waals surface area contributed by atoms with Gasteiger partial charge in [0.15, 0.2) is 0 Å². The first-order valence-electron chi connectivity index (χ1n) is 8.58. The van der Waals surface area contributed by atoms with Crippen LogP contribution in [0, 0.1) is 6.92 Å². The van der Waals surface area contributed by atoms with Crippen molar-refractivity contribution in [3.05, 3.63) is 74.1 Å². The molecule has 0 saturated heterocycles. The Labute approximate surface area is 151 Å². The van der Waals surface area contributed by atoms with E-state index in [1.54, 1.807) is 0 Å². The predicted octanol–water partition coefficient (Wildman–Crippen LogP) is 5.21. The molecule has 1 aromatic heterocycles. The molecule has 0 spiro atoms. The molecule has 1 heterocycles. The van der Waals surface area contributed by atoms with Crippen LogP contribution >= 0.6 is 11.6 Å². The van der Waals surface area contributed by atoms with Crippen molar-refractivity contribution in [2.24, 2.45) is 0 Å². The molecule has 0 aliphatic heterocycles. The SMILES string of the molecule is Cc1cc(OCc2cccc(Cl)c2)c2c3c(c(=O)oc2c1)CCCC3. The lowest BCUT2D eigenvalue weighted by Gasteiger charge is -2.19. The molecule has 0 radical (unpaired) electrons. The van der Waals surface area contributed by atoms with E-state index in [2.05, 4.69) is 0 Å². The molecule has 1 aliphatic carbocycles. The van der Waals surface area contributed by atoms with Gasteiger partial charge in [0.2, 0.25) is 0 Å². The van der Waals surface area contributed by atoms with Crippen LogP contribution in [0.1, 0.15) is 35.1 Å². The normalized spacial score (nSPS) is 13.7. The molecule has 1 aliphatic rings. The Morgan fingerprint density at radius 1 is 1.12 bits per heavy atom. The minimum atomic E-state index is -0.200. The summed E-state index contributed by atoms with van der Waals surface area (Å²) < 4.78 is 11.7. The highest BCUT2D eigenvalue weighted by Gasteiger charge is 2.21. The lowest BCUT2D eigenvalue weighted by atomic mass is 9.90. The summed E-state index contributed by atoms with van der Waals surface area (Å²) in [6.45, 7) is 2.40. The fourth-order valence-electron chi connectivity index (χ4n) is 3.57. The molecule has 0 saturated carbocycles. The quantitative estimate of drug-likeness (QED) is 0.606. The zero-order valence-corrected chi connectivity index (χ0v) is 14.9. The number of ether oxygens (including phenoxy) is 1. The predicted molar refractivity (Wildman–Crippen MR) is 99.6 cm³/mol. The van der Waals surface area contributed by atoms with Gasteiger partial charge in [0.05, 0.1) is 5.39 Å². The van der Waals surface area contributed by atoms with Gasteiger partial charge in [-0.1, -0.05) is 23.7 Å². The summed E-state index contributed by atoms with van der Waals surface area (Å²) in [5, 5.41) is 1.64. The first-order valence-corrected chi connectivity index (χ1v) is 8.96. The Morgan fingerprint density at radius 2 is 1.92 bits per heavy atom. The monoisotopic (exact) mass is 354 g/mol. The van der Waals surface area contributed by atoms with Crippen molar-refractivity contribution < 1.29 is 9.15 Å². The van der Waals surface area contributed by atoms with Crippen LogP contribution in [-0.2, 0) is 19.4 Å². The topological polar surface area (TPSA) is 39.4 Å². The lowest BCUT2D eigenvalue weighted by Crippen LogP contribution is -2.16. The highest BCUT2D eigenvalue weighted by molar-refractivity contribution is 6.30. The minimum Gasteiger partial charge on any atom is -0.488 e. The van der Waals surface area contributed by atoms with Crippen LogP contribution in [0.25, 0.3) is 11.0 Å². The second-order valence-corrected chi connectivity index (χ2v) is 7.04. The molecule has 0 N–H and O–H groups in total. The van der Waals surface area contributed by atoms with Gasteiger partial charge in [-0.15, -0.1) is 0 Å². The van der Waals surface area contributed by atoms with E-state index in [-0.39, 0.29) is 5.63 Å². The largest absolute Gasteiger partial charge is 0.488 e. The zero-order chi connectivity index (χ0) is 17.4.